The van der Waals surface area contributed by atoms with Gasteiger partial charge in [0.25, 0.3) is 0 Å². The fourth-order valence-corrected chi connectivity index (χ4v) is 2.47. The van der Waals surface area contributed by atoms with Gasteiger partial charge < -0.3 is 14.8 Å². The highest BCUT2D eigenvalue weighted by molar-refractivity contribution is 5.73. The quantitative estimate of drug-likeness (QED) is 0.526. The van der Waals surface area contributed by atoms with E-state index in [4.69, 9.17) is 9.53 Å². The molecule has 28 heavy (non-hydrogen) atoms. The zero-order valence-electron chi connectivity index (χ0n) is 14.8. The van der Waals surface area contributed by atoms with E-state index in [1.54, 1.807) is 42.3 Å². The Morgan fingerprint density at radius 1 is 1.14 bits per heavy atom. The Morgan fingerprint density at radius 3 is 2.75 bits per heavy atom. The highest BCUT2D eigenvalue weighted by Crippen LogP contribution is 2.22. The molecule has 10 nitrogen and oxygen atoms in total. The molecule has 0 saturated heterocycles. The van der Waals surface area contributed by atoms with Crippen LogP contribution in [0.15, 0.2) is 59.9 Å². The first-order chi connectivity index (χ1) is 13.8. The molecule has 0 aliphatic carbocycles. The molecule has 2 aromatic carbocycles. The van der Waals surface area contributed by atoms with Gasteiger partial charge in [-0.25, -0.2) is 4.98 Å². The number of nitroso groups, excluding NO2 is 1. The van der Waals surface area contributed by atoms with Gasteiger partial charge in [-0.3, -0.25) is 0 Å². The highest BCUT2D eigenvalue weighted by atomic mass is 16.5. The lowest BCUT2D eigenvalue weighted by atomic mass is 10.3. The van der Waals surface area contributed by atoms with Gasteiger partial charge in [-0.2, -0.15) is 9.67 Å². The molecule has 10 heteroatoms. The molecular formula is C18H15N7O3. The molecule has 0 spiro atoms. The zero-order valence-corrected chi connectivity index (χ0v) is 14.8. The van der Waals surface area contributed by atoms with Crippen LogP contribution < -0.4 is 10.1 Å². The molecular weight excluding hydrogens is 362 g/mol. The van der Waals surface area contributed by atoms with Crippen molar-refractivity contribution in [3.05, 3.63) is 59.6 Å². The van der Waals surface area contributed by atoms with Crippen LogP contribution in [-0.2, 0) is 4.79 Å². The molecule has 0 atom stereocenters. The SMILES string of the molecule is C=O.COc1cccc(-n2nnc3cnc(Nc4cccc(N=O)c4)nc32)c1. The number of nitrogens with one attached hydrogen (secondary N) is 1. The lowest BCUT2D eigenvalue weighted by Gasteiger charge is -2.06. The molecule has 0 aliphatic heterocycles. The molecule has 2 aromatic heterocycles. The molecule has 140 valence electrons. The summed E-state index contributed by atoms with van der Waals surface area (Å²) < 4.78 is 6.85. The molecule has 0 amide bonds. The normalized spacial score (nSPS) is 10.0. The van der Waals surface area contributed by atoms with E-state index in [0.29, 0.717) is 34.2 Å². The number of methoxy groups -OCH3 is 1. The summed E-state index contributed by atoms with van der Waals surface area (Å²) in [5.41, 5.74) is 2.84. The van der Waals surface area contributed by atoms with Gasteiger partial charge in [0.1, 0.15) is 18.2 Å². The second-order valence-electron chi connectivity index (χ2n) is 5.37. The van der Waals surface area contributed by atoms with Crippen LogP contribution in [0.2, 0.25) is 0 Å². The van der Waals surface area contributed by atoms with Crippen molar-refractivity contribution in [3.63, 3.8) is 0 Å². The molecule has 0 aliphatic rings. The molecule has 0 radical (unpaired) electrons. The van der Waals surface area contributed by atoms with Crippen molar-refractivity contribution in [3.8, 4) is 11.4 Å². The Bertz CT molecular complexity index is 1110. The number of fused-ring (bicyclic) bond motifs is 1. The number of rotatable bonds is 5. The number of aromatic nitrogens is 5. The number of hydrogen-bond acceptors (Lipinski definition) is 9. The topological polar surface area (TPSA) is 124 Å². The minimum absolute atomic E-state index is 0.319. The summed E-state index contributed by atoms with van der Waals surface area (Å²) in [6.07, 6.45) is 1.58. The van der Waals surface area contributed by atoms with Crippen molar-refractivity contribution in [2.45, 2.75) is 0 Å². The first-order valence-corrected chi connectivity index (χ1v) is 7.99. The van der Waals surface area contributed by atoms with Crippen LogP contribution in [0.5, 0.6) is 5.75 Å². The first kappa shape index (κ1) is 18.6. The highest BCUT2D eigenvalue weighted by Gasteiger charge is 2.11. The van der Waals surface area contributed by atoms with E-state index in [0.717, 1.165) is 5.69 Å². The fraction of sp³-hybridized carbons (Fsp3) is 0.0556. The Hall–Kier alpha value is -4.21. The molecule has 4 rings (SSSR count). The second-order valence-corrected chi connectivity index (χ2v) is 5.37. The molecule has 0 fully saturated rings. The van der Waals surface area contributed by atoms with Crippen molar-refractivity contribution < 1.29 is 9.53 Å². The average molecular weight is 377 g/mol. The van der Waals surface area contributed by atoms with Crippen LogP contribution in [0.4, 0.5) is 17.3 Å². The van der Waals surface area contributed by atoms with E-state index < -0.39 is 0 Å². The summed E-state index contributed by atoms with van der Waals surface area (Å²) in [5, 5.41) is 14.2. The Balaban J connectivity index is 0.00000109. The summed E-state index contributed by atoms with van der Waals surface area (Å²) in [5.74, 6) is 1.06. The lowest BCUT2D eigenvalue weighted by molar-refractivity contribution is -0.0979. The molecule has 0 bridgehead atoms. The van der Waals surface area contributed by atoms with E-state index >= 15 is 0 Å². The minimum atomic E-state index is 0.319. The van der Waals surface area contributed by atoms with Crippen molar-refractivity contribution in [2.24, 2.45) is 5.18 Å². The van der Waals surface area contributed by atoms with E-state index in [1.807, 2.05) is 31.1 Å². The molecule has 1 N–H and O–H groups in total. The van der Waals surface area contributed by atoms with E-state index in [1.165, 1.54) is 0 Å². The number of hydrogen-bond donors (Lipinski definition) is 1. The Kier molecular flexibility index (Phi) is 5.60. The molecule has 4 aromatic rings. The van der Waals surface area contributed by atoms with Gasteiger partial charge in [-0.1, -0.05) is 17.3 Å². The summed E-state index contributed by atoms with van der Waals surface area (Å²) >= 11 is 0. The summed E-state index contributed by atoms with van der Waals surface area (Å²) in [4.78, 5) is 27.4. The Labute approximate surface area is 159 Å². The largest absolute Gasteiger partial charge is 0.497 e. The standard InChI is InChI=1S/C17H13N7O2.CH2O/c1-26-14-7-3-6-13(9-14)24-16-15(21-23-24)10-18-17(20-16)19-11-4-2-5-12(8-11)22-25;1-2/h2-10H,1H3,(H,18,19,20);1H2. The number of ether oxygens (including phenoxy) is 1. The maximum absolute atomic E-state index is 10.7. The number of anilines is 2. The maximum atomic E-state index is 10.7. The summed E-state index contributed by atoms with van der Waals surface area (Å²) in [6.45, 7) is 2.00. The van der Waals surface area contributed by atoms with Crippen LogP contribution in [-0.4, -0.2) is 38.9 Å². The van der Waals surface area contributed by atoms with Gasteiger partial charge in [0.2, 0.25) is 5.95 Å². The van der Waals surface area contributed by atoms with E-state index in [9.17, 15) is 4.91 Å². The third kappa shape index (κ3) is 3.80. The van der Waals surface area contributed by atoms with E-state index in [-0.39, 0.29) is 0 Å². The van der Waals surface area contributed by atoms with Gasteiger partial charge in [0.15, 0.2) is 11.2 Å². The van der Waals surface area contributed by atoms with Gasteiger partial charge in [0, 0.05) is 11.8 Å². The van der Waals surface area contributed by atoms with Crippen molar-refractivity contribution in [1.82, 2.24) is 25.0 Å². The smallest absolute Gasteiger partial charge is 0.229 e. The summed E-state index contributed by atoms with van der Waals surface area (Å²) in [7, 11) is 1.60. The van der Waals surface area contributed by atoms with Crippen LogP contribution >= 0.6 is 0 Å². The number of nitrogens with zero attached hydrogens (tertiary/aromatic N) is 6. The van der Waals surface area contributed by atoms with Gasteiger partial charge >= 0.3 is 0 Å². The van der Waals surface area contributed by atoms with Crippen LogP contribution in [0.1, 0.15) is 0 Å². The lowest BCUT2D eigenvalue weighted by Crippen LogP contribution is -2.01. The van der Waals surface area contributed by atoms with Gasteiger partial charge in [-0.15, -0.1) is 10.0 Å². The zero-order chi connectivity index (χ0) is 19.9. The molecule has 0 saturated carbocycles. The third-order valence-corrected chi connectivity index (χ3v) is 3.70. The van der Waals surface area contributed by atoms with Crippen LogP contribution in [0.25, 0.3) is 16.9 Å². The van der Waals surface area contributed by atoms with Crippen molar-refractivity contribution in [2.75, 3.05) is 12.4 Å². The van der Waals surface area contributed by atoms with Gasteiger partial charge in [-0.05, 0) is 35.5 Å². The number of carbonyl (C=O) groups is 1. The van der Waals surface area contributed by atoms with E-state index in [2.05, 4.69) is 30.8 Å². The average Bonchev–Trinajstić information content (AvgIpc) is 3.18. The third-order valence-electron chi connectivity index (χ3n) is 3.70. The predicted molar refractivity (Wildman–Crippen MR) is 103 cm³/mol. The fourth-order valence-electron chi connectivity index (χ4n) is 2.47. The number of carbonyl (C=O) groups excluding carboxylic acids is 1. The second kappa shape index (κ2) is 8.45. The monoisotopic (exact) mass is 377 g/mol. The van der Waals surface area contributed by atoms with Crippen molar-refractivity contribution >= 4 is 35.3 Å². The molecule has 0 unspecified atom stereocenters. The molecule has 2 heterocycles. The Morgan fingerprint density at radius 2 is 1.96 bits per heavy atom. The van der Waals surface area contributed by atoms with Crippen LogP contribution in [0, 0.1) is 4.91 Å². The van der Waals surface area contributed by atoms with Crippen LogP contribution in [0.3, 0.4) is 0 Å². The first-order valence-electron chi connectivity index (χ1n) is 7.99. The summed E-state index contributed by atoms with van der Waals surface area (Å²) in [6, 6.07) is 14.2. The maximum Gasteiger partial charge on any atom is 0.229 e. The van der Waals surface area contributed by atoms with Crippen molar-refractivity contribution in [1.29, 1.82) is 0 Å². The number of benzene rings is 2. The van der Waals surface area contributed by atoms with Gasteiger partial charge in [0.05, 0.1) is 19.0 Å². The minimum Gasteiger partial charge on any atom is -0.497 e. The predicted octanol–water partition coefficient (Wildman–Crippen LogP) is 3.18.